The predicted octanol–water partition coefficient (Wildman–Crippen LogP) is 4.84. The van der Waals surface area contributed by atoms with Crippen LogP contribution in [-0.4, -0.2) is 26.7 Å². The topological polar surface area (TPSA) is 79.5 Å². The summed E-state index contributed by atoms with van der Waals surface area (Å²) in [5.74, 6) is -5.42. The van der Waals surface area contributed by atoms with Crippen LogP contribution >= 0.6 is 0 Å². The summed E-state index contributed by atoms with van der Waals surface area (Å²) in [6.45, 7) is 5.08. The second-order valence-electron chi connectivity index (χ2n) is 7.14. The predicted molar refractivity (Wildman–Crippen MR) is 104 cm³/mol. The lowest BCUT2D eigenvalue weighted by Crippen LogP contribution is -2.21. The molecular formula is C22H21F2NO4. The molecule has 5 nitrogen and oxygen atoms in total. The highest BCUT2D eigenvalue weighted by Gasteiger charge is 2.34. The van der Waals surface area contributed by atoms with E-state index in [0.29, 0.717) is 6.42 Å². The van der Waals surface area contributed by atoms with Crippen LogP contribution in [-0.2, 0) is 4.79 Å². The number of carboxylic acid groups (broad SMARTS) is 1. The summed E-state index contributed by atoms with van der Waals surface area (Å²) in [6.07, 6.45) is 0.515. The number of carbonyl (C=O) groups is 2. The van der Waals surface area contributed by atoms with Crippen LogP contribution < -0.4 is 0 Å². The number of phenolic OH excluding ortho intramolecular Hbond substituents is 1. The Kier molecular flexibility index (Phi) is 5.42. The van der Waals surface area contributed by atoms with E-state index in [-0.39, 0.29) is 33.6 Å². The van der Waals surface area contributed by atoms with Gasteiger partial charge in [0, 0.05) is 16.6 Å². The Balaban J connectivity index is 2.39. The Morgan fingerprint density at radius 2 is 1.86 bits per heavy atom. The number of aromatic hydroxyl groups is 1. The van der Waals surface area contributed by atoms with Crippen LogP contribution in [0.3, 0.4) is 0 Å². The SMILES string of the molecule is CCC(C)C(C(=O)O)c1c(C)n(C(=O)c2cccc(F)c2)c2ccc(O)c(F)c12. The molecule has 3 rings (SSSR count). The molecule has 0 aliphatic heterocycles. The normalized spacial score (nSPS) is 13.4. The van der Waals surface area contributed by atoms with Gasteiger partial charge in [-0.15, -0.1) is 0 Å². The lowest BCUT2D eigenvalue weighted by Gasteiger charge is -2.20. The fraction of sp³-hybridized carbons (Fsp3) is 0.273. The minimum absolute atomic E-state index is 0.0421. The lowest BCUT2D eigenvalue weighted by molar-refractivity contribution is -0.140. The molecule has 7 heteroatoms. The molecule has 0 amide bonds. The number of phenols is 1. The van der Waals surface area contributed by atoms with Crippen molar-refractivity contribution in [3.8, 4) is 5.75 Å². The average Bonchev–Trinajstić information content (AvgIpc) is 2.96. The molecule has 29 heavy (non-hydrogen) atoms. The largest absolute Gasteiger partial charge is 0.505 e. The third kappa shape index (κ3) is 3.37. The van der Waals surface area contributed by atoms with Gasteiger partial charge in [0.25, 0.3) is 5.91 Å². The fourth-order valence-corrected chi connectivity index (χ4v) is 3.76. The number of carbonyl (C=O) groups excluding carboxylic acids is 1. The first kappa shape index (κ1) is 20.5. The minimum Gasteiger partial charge on any atom is -0.505 e. The molecular weight excluding hydrogens is 380 g/mol. The molecule has 2 unspecified atom stereocenters. The summed E-state index contributed by atoms with van der Waals surface area (Å²) < 4.78 is 29.8. The van der Waals surface area contributed by atoms with E-state index in [0.717, 1.165) is 12.1 Å². The first-order chi connectivity index (χ1) is 13.7. The van der Waals surface area contributed by atoms with Gasteiger partial charge in [0.05, 0.1) is 11.4 Å². The third-order valence-corrected chi connectivity index (χ3v) is 5.40. The van der Waals surface area contributed by atoms with E-state index in [1.807, 2.05) is 6.92 Å². The van der Waals surface area contributed by atoms with Crippen molar-refractivity contribution in [1.82, 2.24) is 4.57 Å². The molecule has 0 bridgehead atoms. The molecule has 0 aliphatic carbocycles. The Morgan fingerprint density at radius 3 is 2.45 bits per heavy atom. The Morgan fingerprint density at radius 1 is 1.17 bits per heavy atom. The maximum atomic E-state index is 14.9. The first-order valence-corrected chi connectivity index (χ1v) is 9.24. The molecule has 2 aromatic carbocycles. The van der Waals surface area contributed by atoms with Gasteiger partial charge in [0.15, 0.2) is 11.6 Å². The number of fused-ring (bicyclic) bond motifs is 1. The van der Waals surface area contributed by atoms with E-state index in [1.54, 1.807) is 6.92 Å². The second kappa shape index (κ2) is 7.66. The summed E-state index contributed by atoms with van der Waals surface area (Å²) in [5.41, 5.74) is 0.545. The van der Waals surface area contributed by atoms with Crippen molar-refractivity contribution in [3.63, 3.8) is 0 Å². The van der Waals surface area contributed by atoms with Gasteiger partial charge in [0.2, 0.25) is 0 Å². The number of aromatic nitrogens is 1. The summed E-state index contributed by atoms with van der Waals surface area (Å²) in [4.78, 5) is 25.2. The Bertz CT molecular complexity index is 1120. The highest BCUT2D eigenvalue weighted by atomic mass is 19.1. The summed E-state index contributed by atoms with van der Waals surface area (Å²) in [7, 11) is 0. The van der Waals surface area contributed by atoms with Crippen molar-refractivity contribution >= 4 is 22.8 Å². The third-order valence-electron chi connectivity index (χ3n) is 5.40. The summed E-state index contributed by atoms with van der Waals surface area (Å²) in [6, 6.07) is 7.54. The van der Waals surface area contributed by atoms with Crippen LogP contribution in [0.2, 0.25) is 0 Å². The summed E-state index contributed by atoms with van der Waals surface area (Å²) >= 11 is 0. The van der Waals surface area contributed by atoms with Crippen molar-refractivity contribution in [3.05, 3.63) is 64.9 Å². The number of nitrogens with zero attached hydrogens (tertiary/aromatic N) is 1. The molecule has 0 saturated carbocycles. The van der Waals surface area contributed by atoms with Gasteiger partial charge in [-0.3, -0.25) is 14.2 Å². The summed E-state index contributed by atoms with van der Waals surface area (Å²) in [5, 5.41) is 19.6. The van der Waals surface area contributed by atoms with Gasteiger partial charge in [-0.25, -0.2) is 8.78 Å². The highest BCUT2D eigenvalue weighted by molar-refractivity contribution is 6.05. The van der Waals surface area contributed by atoms with Gasteiger partial charge in [0.1, 0.15) is 5.82 Å². The molecule has 0 fully saturated rings. The molecule has 152 valence electrons. The minimum atomic E-state index is -1.15. The highest BCUT2D eigenvalue weighted by Crippen LogP contribution is 2.40. The van der Waals surface area contributed by atoms with Crippen LogP contribution in [0.1, 0.15) is 47.8 Å². The number of carboxylic acids is 1. The van der Waals surface area contributed by atoms with Gasteiger partial charge in [-0.05, 0) is 48.7 Å². The van der Waals surface area contributed by atoms with Crippen molar-refractivity contribution < 1.29 is 28.6 Å². The first-order valence-electron chi connectivity index (χ1n) is 9.24. The van der Waals surface area contributed by atoms with Gasteiger partial charge >= 0.3 is 5.97 Å². The Hall–Kier alpha value is -3.22. The molecule has 0 aliphatic rings. The maximum absolute atomic E-state index is 14.9. The van der Waals surface area contributed by atoms with E-state index >= 15 is 0 Å². The number of hydrogen-bond donors (Lipinski definition) is 2. The average molecular weight is 401 g/mol. The van der Waals surface area contributed by atoms with E-state index in [1.165, 1.54) is 35.8 Å². The number of benzene rings is 2. The molecule has 1 heterocycles. The van der Waals surface area contributed by atoms with Gasteiger partial charge < -0.3 is 10.2 Å². The van der Waals surface area contributed by atoms with Crippen molar-refractivity contribution in [2.24, 2.45) is 5.92 Å². The zero-order valence-electron chi connectivity index (χ0n) is 16.2. The van der Waals surface area contributed by atoms with Crippen molar-refractivity contribution in [2.45, 2.75) is 33.1 Å². The van der Waals surface area contributed by atoms with Gasteiger partial charge in [-0.1, -0.05) is 26.3 Å². The fourth-order valence-electron chi connectivity index (χ4n) is 3.76. The van der Waals surface area contributed by atoms with Crippen molar-refractivity contribution in [2.75, 3.05) is 0 Å². The van der Waals surface area contributed by atoms with Crippen LogP contribution in [0.25, 0.3) is 10.9 Å². The maximum Gasteiger partial charge on any atom is 0.311 e. The standard InChI is InChI=1S/C22H21F2NO4/c1-4-11(2)17(22(28)29)18-12(3)25(15-8-9-16(26)20(24)19(15)18)21(27)13-6-5-7-14(23)10-13/h5-11,17,26H,4H2,1-3H3,(H,28,29). The number of halogens is 2. The Labute approximate surface area is 166 Å². The van der Waals surface area contributed by atoms with Crippen LogP contribution in [0.4, 0.5) is 8.78 Å². The molecule has 0 spiro atoms. The monoisotopic (exact) mass is 401 g/mol. The molecule has 0 saturated heterocycles. The van der Waals surface area contributed by atoms with Crippen molar-refractivity contribution in [1.29, 1.82) is 0 Å². The van der Waals surface area contributed by atoms with Crippen LogP contribution in [0.15, 0.2) is 36.4 Å². The smallest absolute Gasteiger partial charge is 0.311 e. The number of aliphatic carboxylic acids is 1. The zero-order chi connectivity index (χ0) is 21.5. The molecule has 2 N–H and O–H groups in total. The molecule has 0 radical (unpaired) electrons. The van der Waals surface area contributed by atoms with E-state index in [2.05, 4.69) is 0 Å². The number of hydrogen-bond acceptors (Lipinski definition) is 3. The van der Waals surface area contributed by atoms with Gasteiger partial charge in [-0.2, -0.15) is 0 Å². The van der Waals surface area contributed by atoms with Crippen LogP contribution in [0, 0.1) is 24.5 Å². The van der Waals surface area contributed by atoms with E-state index in [9.17, 15) is 28.6 Å². The molecule has 1 aromatic heterocycles. The van der Waals surface area contributed by atoms with E-state index in [4.69, 9.17) is 0 Å². The molecule has 3 aromatic rings. The zero-order valence-corrected chi connectivity index (χ0v) is 16.2. The van der Waals surface area contributed by atoms with E-state index < -0.39 is 35.2 Å². The molecule has 2 atom stereocenters. The second-order valence-corrected chi connectivity index (χ2v) is 7.14. The lowest BCUT2D eigenvalue weighted by atomic mass is 9.84. The number of rotatable bonds is 5. The quantitative estimate of drug-likeness (QED) is 0.641. The van der Waals surface area contributed by atoms with Crippen LogP contribution in [0.5, 0.6) is 5.75 Å².